The van der Waals surface area contributed by atoms with Crippen molar-refractivity contribution in [2.24, 2.45) is 0 Å². The van der Waals surface area contributed by atoms with Gasteiger partial charge >= 0.3 is 0 Å². The van der Waals surface area contributed by atoms with E-state index >= 15 is 0 Å². The third-order valence-corrected chi connectivity index (χ3v) is 4.81. The van der Waals surface area contributed by atoms with Crippen LogP contribution in [0, 0.1) is 0 Å². The molecule has 0 radical (unpaired) electrons. The Kier molecular flexibility index (Phi) is 3.57. The number of anilines is 1. The van der Waals surface area contributed by atoms with Gasteiger partial charge in [-0.1, -0.05) is 41.7 Å². The molecule has 3 rings (SSSR count). The molecule has 3 nitrogen and oxygen atoms in total. The fraction of sp³-hybridized carbons (Fsp3) is 0.143. The van der Waals surface area contributed by atoms with E-state index in [2.05, 4.69) is 58.8 Å². The Bertz CT molecular complexity index is 658. The lowest BCUT2D eigenvalue weighted by Gasteiger charge is -1.94. The zero-order valence-corrected chi connectivity index (χ0v) is 12.1. The normalized spacial score (nSPS) is 10.6. The molecule has 0 spiro atoms. The summed E-state index contributed by atoms with van der Waals surface area (Å²) in [6.45, 7) is 2.92. The van der Waals surface area contributed by atoms with Gasteiger partial charge in [-0.2, -0.15) is 0 Å². The van der Waals surface area contributed by atoms with Gasteiger partial charge < -0.3 is 5.32 Å². The van der Waals surface area contributed by atoms with Crippen molar-refractivity contribution < 1.29 is 0 Å². The number of nitrogens with zero attached hydrogens (tertiary/aromatic N) is 2. The maximum Gasteiger partial charge on any atom is 0.206 e. The van der Waals surface area contributed by atoms with Gasteiger partial charge in [-0.25, -0.2) is 0 Å². The summed E-state index contributed by atoms with van der Waals surface area (Å²) in [5.41, 5.74) is 1.25. The quantitative estimate of drug-likeness (QED) is 0.774. The lowest BCUT2D eigenvalue weighted by atomic mass is 10.2. The van der Waals surface area contributed by atoms with E-state index in [0.29, 0.717) is 0 Å². The summed E-state index contributed by atoms with van der Waals surface area (Å²) in [5.74, 6) is 0. The number of benzene rings is 1. The highest BCUT2D eigenvalue weighted by atomic mass is 32.1. The highest BCUT2D eigenvalue weighted by molar-refractivity contribution is 7.24. The molecule has 0 atom stereocenters. The van der Waals surface area contributed by atoms with Crippen molar-refractivity contribution in [3.63, 3.8) is 0 Å². The molecule has 0 amide bonds. The molecule has 0 unspecified atom stereocenters. The summed E-state index contributed by atoms with van der Waals surface area (Å²) < 4.78 is 0. The Labute approximate surface area is 120 Å². The predicted octanol–water partition coefficient (Wildman–Crippen LogP) is 4.37. The van der Waals surface area contributed by atoms with Gasteiger partial charge in [0.2, 0.25) is 5.13 Å². The van der Waals surface area contributed by atoms with Gasteiger partial charge in [-0.15, -0.1) is 21.5 Å². The predicted molar refractivity (Wildman–Crippen MR) is 82.8 cm³/mol. The summed E-state index contributed by atoms with van der Waals surface area (Å²) in [4.78, 5) is 2.43. The third kappa shape index (κ3) is 2.67. The summed E-state index contributed by atoms with van der Waals surface area (Å²) in [5, 5.41) is 13.4. The topological polar surface area (TPSA) is 37.8 Å². The Balaban J connectivity index is 1.88. The van der Waals surface area contributed by atoms with Crippen molar-refractivity contribution in [1.29, 1.82) is 0 Å². The molecule has 0 saturated carbocycles. The van der Waals surface area contributed by atoms with Crippen LogP contribution in [0.25, 0.3) is 20.3 Å². The molecule has 5 heteroatoms. The molecule has 2 aromatic heterocycles. The summed E-state index contributed by atoms with van der Waals surface area (Å²) in [6, 6.07) is 14.7. The van der Waals surface area contributed by atoms with Crippen LogP contribution in [-0.4, -0.2) is 16.7 Å². The average molecular weight is 287 g/mol. The van der Waals surface area contributed by atoms with Crippen molar-refractivity contribution >= 4 is 27.8 Å². The van der Waals surface area contributed by atoms with Crippen LogP contribution in [-0.2, 0) is 0 Å². The number of hydrogen-bond acceptors (Lipinski definition) is 5. The molecule has 0 saturated heterocycles. The minimum Gasteiger partial charge on any atom is -0.360 e. The summed E-state index contributed by atoms with van der Waals surface area (Å²) in [7, 11) is 0. The van der Waals surface area contributed by atoms with E-state index in [1.807, 2.05) is 6.07 Å². The van der Waals surface area contributed by atoms with E-state index in [9.17, 15) is 0 Å². The minimum atomic E-state index is 0.869. The first kappa shape index (κ1) is 12.3. The molecule has 0 aliphatic heterocycles. The number of rotatable bonds is 4. The molecule has 0 aliphatic carbocycles. The van der Waals surface area contributed by atoms with Gasteiger partial charge in [-0.3, -0.25) is 0 Å². The fourth-order valence-electron chi connectivity index (χ4n) is 1.76. The first-order valence-corrected chi connectivity index (χ1v) is 7.73. The van der Waals surface area contributed by atoms with Gasteiger partial charge in [0.05, 0.1) is 4.88 Å². The molecule has 0 fully saturated rings. The maximum absolute atomic E-state index is 4.23. The second kappa shape index (κ2) is 5.50. The van der Waals surface area contributed by atoms with Gasteiger partial charge in [-0.05, 0) is 24.6 Å². The van der Waals surface area contributed by atoms with Crippen LogP contribution in [0.1, 0.15) is 6.92 Å². The molecule has 19 heavy (non-hydrogen) atoms. The SMILES string of the molecule is CCNc1nnc(-c2ccc(-c3ccccc3)s2)s1. The van der Waals surface area contributed by atoms with Crippen molar-refractivity contribution in [2.45, 2.75) is 6.92 Å². The van der Waals surface area contributed by atoms with Crippen LogP contribution in [0.15, 0.2) is 42.5 Å². The Hall–Kier alpha value is -1.72. The van der Waals surface area contributed by atoms with E-state index in [-0.39, 0.29) is 0 Å². The average Bonchev–Trinajstić information content (AvgIpc) is 3.08. The lowest BCUT2D eigenvalue weighted by Crippen LogP contribution is -1.94. The van der Waals surface area contributed by atoms with E-state index in [1.165, 1.54) is 15.3 Å². The van der Waals surface area contributed by atoms with Gasteiger partial charge in [0.1, 0.15) is 0 Å². The van der Waals surface area contributed by atoms with Crippen LogP contribution in [0.4, 0.5) is 5.13 Å². The molecular formula is C14H13N3S2. The highest BCUT2D eigenvalue weighted by Crippen LogP contribution is 2.36. The van der Waals surface area contributed by atoms with Gasteiger partial charge in [0.25, 0.3) is 0 Å². The van der Waals surface area contributed by atoms with Crippen LogP contribution >= 0.6 is 22.7 Å². The first-order chi connectivity index (χ1) is 9.36. The smallest absolute Gasteiger partial charge is 0.206 e. The summed E-state index contributed by atoms with van der Waals surface area (Å²) in [6.07, 6.45) is 0. The van der Waals surface area contributed by atoms with Crippen molar-refractivity contribution in [1.82, 2.24) is 10.2 Å². The largest absolute Gasteiger partial charge is 0.360 e. The molecule has 2 heterocycles. The number of aromatic nitrogens is 2. The molecule has 96 valence electrons. The van der Waals surface area contributed by atoms with Crippen molar-refractivity contribution in [3.8, 4) is 20.3 Å². The zero-order chi connectivity index (χ0) is 13.1. The molecular weight excluding hydrogens is 274 g/mol. The minimum absolute atomic E-state index is 0.869. The standard InChI is InChI=1S/C14H13N3S2/c1-2-15-14-17-16-13(19-14)12-9-8-11(18-12)10-6-4-3-5-7-10/h3-9H,2H2,1H3,(H,15,17). The fourth-order valence-corrected chi connectivity index (χ4v) is 3.63. The van der Waals surface area contributed by atoms with Crippen molar-refractivity contribution in [3.05, 3.63) is 42.5 Å². The third-order valence-electron chi connectivity index (χ3n) is 2.63. The molecule has 3 aromatic rings. The molecule has 1 aromatic carbocycles. The Morgan fingerprint density at radius 2 is 1.74 bits per heavy atom. The summed E-state index contributed by atoms with van der Waals surface area (Å²) >= 11 is 3.35. The second-order valence-corrected chi connectivity index (χ2v) is 6.03. The number of hydrogen-bond donors (Lipinski definition) is 1. The number of thiophene rings is 1. The molecule has 0 aliphatic rings. The number of nitrogens with one attached hydrogen (secondary N) is 1. The van der Waals surface area contributed by atoms with Crippen LogP contribution in [0.2, 0.25) is 0 Å². The van der Waals surface area contributed by atoms with E-state index in [1.54, 1.807) is 22.7 Å². The van der Waals surface area contributed by atoms with Gasteiger partial charge in [0, 0.05) is 11.4 Å². The first-order valence-electron chi connectivity index (χ1n) is 6.10. The van der Waals surface area contributed by atoms with Crippen LogP contribution in [0.3, 0.4) is 0 Å². The van der Waals surface area contributed by atoms with Crippen molar-refractivity contribution in [2.75, 3.05) is 11.9 Å². The van der Waals surface area contributed by atoms with Crippen LogP contribution in [0.5, 0.6) is 0 Å². The highest BCUT2D eigenvalue weighted by Gasteiger charge is 2.09. The van der Waals surface area contributed by atoms with E-state index < -0.39 is 0 Å². The van der Waals surface area contributed by atoms with E-state index in [4.69, 9.17) is 0 Å². The molecule has 1 N–H and O–H groups in total. The van der Waals surface area contributed by atoms with Crippen LogP contribution < -0.4 is 5.32 Å². The lowest BCUT2D eigenvalue weighted by molar-refractivity contribution is 1.07. The maximum atomic E-state index is 4.23. The molecule has 0 bridgehead atoms. The Morgan fingerprint density at radius 1 is 0.947 bits per heavy atom. The second-order valence-electron chi connectivity index (χ2n) is 3.97. The zero-order valence-electron chi connectivity index (χ0n) is 10.5. The van der Waals surface area contributed by atoms with E-state index in [0.717, 1.165) is 16.7 Å². The Morgan fingerprint density at radius 3 is 2.53 bits per heavy atom. The van der Waals surface area contributed by atoms with Gasteiger partial charge in [0.15, 0.2) is 5.01 Å². The monoisotopic (exact) mass is 287 g/mol.